The van der Waals surface area contributed by atoms with Crippen LogP contribution in [0.15, 0.2) is 18.2 Å². The topological polar surface area (TPSA) is 73.9 Å². The summed E-state index contributed by atoms with van der Waals surface area (Å²) in [5.41, 5.74) is 0.477. The van der Waals surface area contributed by atoms with E-state index in [0.717, 1.165) is 18.8 Å². The molecular weight excluding hydrogens is 334 g/mol. The van der Waals surface area contributed by atoms with Crippen molar-refractivity contribution in [3.8, 4) is 11.5 Å². The Morgan fingerprint density at radius 2 is 1.88 bits per heavy atom. The number of hydrogen-bond acceptors (Lipinski definition) is 5. The van der Waals surface area contributed by atoms with E-state index < -0.39 is 5.91 Å². The molecule has 0 unspecified atom stereocenters. The molecule has 0 spiro atoms. The summed E-state index contributed by atoms with van der Waals surface area (Å²) in [4.78, 5) is 23.8. The van der Waals surface area contributed by atoms with Gasteiger partial charge in [-0.25, -0.2) is 0 Å². The number of methoxy groups -OCH3 is 2. The lowest BCUT2D eigenvalue weighted by molar-refractivity contribution is -0.147. The molecule has 1 saturated carbocycles. The van der Waals surface area contributed by atoms with Crippen molar-refractivity contribution in [3.63, 3.8) is 0 Å². The molecule has 1 aliphatic rings. The SMILES string of the molecule is COc1ccc(OC)c(NC(=O)COC(=O)CCCC2CCCCC2)c1. The smallest absolute Gasteiger partial charge is 0.306 e. The van der Waals surface area contributed by atoms with Crippen molar-refractivity contribution in [1.29, 1.82) is 0 Å². The van der Waals surface area contributed by atoms with E-state index in [9.17, 15) is 9.59 Å². The fraction of sp³-hybridized carbons (Fsp3) is 0.600. The Labute approximate surface area is 155 Å². The summed E-state index contributed by atoms with van der Waals surface area (Å²) in [6.45, 7) is -0.303. The van der Waals surface area contributed by atoms with Crippen LogP contribution in [-0.2, 0) is 14.3 Å². The third kappa shape index (κ3) is 6.58. The van der Waals surface area contributed by atoms with E-state index in [1.165, 1.54) is 39.2 Å². The first-order valence-corrected chi connectivity index (χ1v) is 9.30. The van der Waals surface area contributed by atoms with Crippen molar-refractivity contribution in [3.05, 3.63) is 18.2 Å². The van der Waals surface area contributed by atoms with E-state index in [0.29, 0.717) is 23.6 Å². The molecule has 0 aliphatic heterocycles. The van der Waals surface area contributed by atoms with Gasteiger partial charge in [0.25, 0.3) is 5.91 Å². The first-order chi connectivity index (χ1) is 12.6. The van der Waals surface area contributed by atoms with Gasteiger partial charge in [0.2, 0.25) is 0 Å². The zero-order valence-corrected chi connectivity index (χ0v) is 15.7. The highest BCUT2D eigenvalue weighted by Crippen LogP contribution is 2.29. The maximum absolute atomic E-state index is 12.0. The van der Waals surface area contributed by atoms with Crippen molar-refractivity contribution in [1.82, 2.24) is 0 Å². The third-order valence-corrected chi connectivity index (χ3v) is 4.76. The molecule has 1 aliphatic carbocycles. The molecule has 1 aromatic rings. The van der Waals surface area contributed by atoms with Crippen molar-refractivity contribution >= 4 is 17.6 Å². The third-order valence-electron chi connectivity index (χ3n) is 4.76. The van der Waals surface area contributed by atoms with Crippen LogP contribution in [0.4, 0.5) is 5.69 Å². The molecule has 0 atom stereocenters. The number of ether oxygens (including phenoxy) is 3. The quantitative estimate of drug-likeness (QED) is 0.673. The van der Waals surface area contributed by atoms with E-state index in [2.05, 4.69) is 5.32 Å². The summed E-state index contributed by atoms with van der Waals surface area (Å²) in [5.74, 6) is 1.13. The molecule has 1 amide bonds. The fourth-order valence-corrected chi connectivity index (χ4v) is 3.33. The van der Waals surface area contributed by atoms with Crippen molar-refractivity contribution in [2.24, 2.45) is 5.92 Å². The van der Waals surface area contributed by atoms with Crippen molar-refractivity contribution in [2.45, 2.75) is 51.4 Å². The first-order valence-electron chi connectivity index (χ1n) is 9.30. The minimum Gasteiger partial charge on any atom is -0.497 e. The lowest BCUT2D eigenvalue weighted by atomic mass is 9.86. The average Bonchev–Trinajstić information content (AvgIpc) is 2.67. The summed E-state index contributed by atoms with van der Waals surface area (Å²) in [5, 5.41) is 2.68. The van der Waals surface area contributed by atoms with E-state index in [1.54, 1.807) is 25.3 Å². The van der Waals surface area contributed by atoms with Crippen LogP contribution >= 0.6 is 0 Å². The second kappa shape index (κ2) is 10.7. The van der Waals surface area contributed by atoms with Gasteiger partial charge in [0.1, 0.15) is 11.5 Å². The van der Waals surface area contributed by atoms with Gasteiger partial charge in [-0.05, 0) is 30.9 Å². The lowest BCUT2D eigenvalue weighted by Crippen LogP contribution is -2.21. The van der Waals surface area contributed by atoms with Gasteiger partial charge in [-0.2, -0.15) is 0 Å². The summed E-state index contributed by atoms with van der Waals surface area (Å²) < 4.78 is 15.4. The maximum Gasteiger partial charge on any atom is 0.306 e. The van der Waals surface area contributed by atoms with Gasteiger partial charge in [0.15, 0.2) is 6.61 Å². The Bertz CT molecular complexity index is 596. The number of rotatable bonds is 9. The van der Waals surface area contributed by atoms with E-state index in [4.69, 9.17) is 14.2 Å². The number of carbonyl (C=O) groups is 2. The first kappa shape index (κ1) is 20.1. The highest BCUT2D eigenvalue weighted by molar-refractivity contribution is 5.94. The summed E-state index contributed by atoms with van der Waals surface area (Å²) in [6.07, 6.45) is 8.78. The van der Waals surface area contributed by atoms with Crippen LogP contribution in [0.3, 0.4) is 0 Å². The van der Waals surface area contributed by atoms with Gasteiger partial charge in [-0.1, -0.05) is 32.1 Å². The summed E-state index contributed by atoms with van der Waals surface area (Å²) >= 11 is 0. The molecule has 6 heteroatoms. The van der Waals surface area contributed by atoms with Crippen LogP contribution in [0, 0.1) is 5.92 Å². The number of carbonyl (C=O) groups excluding carboxylic acids is 2. The number of amides is 1. The molecular formula is C20H29NO5. The van der Waals surface area contributed by atoms with Gasteiger partial charge in [-0.15, -0.1) is 0 Å². The minimum absolute atomic E-state index is 0.303. The number of hydrogen-bond donors (Lipinski definition) is 1. The summed E-state index contributed by atoms with van der Waals surface area (Å²) in [7, 11) is 3.06. The molecule has 0 aromatic heterocycles. The van der Waals surface area contributed by atoms with E-state index in [-0.39, 0.29) is 12.6 Å². The Morgan fingerprint density at radius 3 is 2.58 bits per heavy atom. The molecule has 0 saturated heterocycles. The van der Waals surface area contributed by atoms with Gasteiger partial charge >= 0.3 is 5.97 Å². The molecule has 2 rings (SSSR count). The zero-order chi connectivity index (χ0) is 18.8. The van der Waals surface area contributed by atoms with Crippen LogP contribution < -0.4 is 14.8 Å². The lowest BCUT2D eigenvalue weighted by Gasteiger charge is -2.20. The molecule has 0 radical (unpaired) electrons. The molecule has 0 bridgehead atoms. The van der Waals surface area contributed by atoms with Gasteiger partial charge < -0.3 is 19.5 Å². The Morgan fingerprint density at radius 1 is 1.12 bits per heavy atom. The maximum atomic E-state index is 12.0. The van der Waals surface area contributed by atoms with Crippen molar-refractivity contribution in [2.75, 3.05) is 26.1 Å². The number of esters is 1. The highest BCUT2D eigenvalue weighted by Gasteiger charge is 2.15. The Hall–Kier alpha value is -2.24. The molecule has 1 N–H and O–H groups in total. The Kier molecular flexibility index (Phi) is 8.25. The van der Waals surface area contributed by atoms with Gasteiger partial charge in [0.05, 0.1) is 19.9 Å². The molecule has 1 fully saturated rings. The predicted octanol–water partition coefficient (Wildman–Crippen LogP) is 3.94. The predicted molar refractivity (Wildman–Crippen MR) is 99.6 cm³/mol. The normalized spacial score (nSPS) is 14.5. The zero-order valence-electron chi connectivity index (χ0n) is 15.7. The average molecular weight is 363 g/mol. The monoisotopic (exact) mass is 363 g/mol. The molecule has 1 aromatic carbocycles. The van der Waals surface area contributed by atoms with E-state index in [1.807, 2.05) is 0 Å². The van der Waals surface area contributed by atoms with E-state index >= 15 is 0 Å². The second-order valence-corrected chi connectivity index (χ2v) is 6.67. The van der Waals surface area contributed by atoms with Crippen LogP contribution in [0.25, 0.3) is 0 Å². The standard InChI is InChI=1S/C20H29NO5/c1-24-16-11-12-18(25-2)17(13-16)21-19(22)14-26-20(23)10-6-9-15-7-4-3-5-8-15/h11-13,15H,3-10,14H2,1-2H3,(H,21,22). The van der Waals surface area contributed by atoms with Gasteiger partial charge in [-0.3, -0.25) is 9.59 Å². The highest BCUT2D eigenvalue weighted by atomic mass is 16.5. The fourth-order valence-electron chi connectivity index (χ4n) is 3.33. The molecule has 144 valence electrons. The molecule has 6 nitrogen and oxygen atoms in total. The summed E-state index contributed by atoms with van der Waals surface area (Å²) in [6, 6.07) is 5.09. The number of benzene rings is 1. The molecule has 26 heavy (non-hydrogen) atoms. The number of anilines is 1. The van der Waals surface area contributed by atoms with Crippen LogP contribution in [0.1, 0.15) is 51.4 Å². The largest absolute Gasteiger partial charge is 0.497 e. The van der Waals surface area contributed by atoms with Crippen LogP contribution in [0.5, 0.6) is 11.5 Å². The minimum atomic E-state index is -0.405. The number of nitrogens with one attached hydrogen (secondary N) is 1. The second-order valence-electron chi connectivity index (χ2n) is 6.67. The van der Waals surface area contributed by atoms with Crippen LogP contribution in [0.2, 0.25) is 0 Å². The Balaban J connectivity index is 1.70. The van der Waals surface area contributed by atoms with Crippen molar-refractivity contribution < 1.29 is 23.8 Å². The van der Waals surface area contributed by atoms with Gasteiger partial charge in [0, 0.05) is 12.5 Å². The van der Waals surface area contributed by atoms with Crippen LogP contribution in [-0.4, -0.2) is 32.7 Å². The molecule has 0 heterocycles.